The SMILES string of the molecule is CCCCCCC/C=C\C/C=C\C/C=C\CCCCCCCCCCCCCOCC(COC1OC(CO)C(O)C(OS(=O)(=O)O)C1O)OC(=O)CCCCCCCCCCCCCCCCCCC. The molecule has 1 heterocycles. The molecule has 1 aliphatic rings. The molecule has 1 fully saturated rings. The maximum absolute atomic E-state index is 12.9. The van der Waals surface area contributed by atoms with Crippen LogP contribution in [-0.4, -0.2) is 97.5 Å². The molecule has 412 valence electrons. The number of hydrogen-bond acceptors (Lipinski definition) is 11. The van der Waals surface area contributed by atoms with Gasteiger partial charge in [0.25, 0.3) is 0 Å². The fraction of sp³-hybridized carbons (Fsp3) is 0.877. The van der Waals surface area contributed by atoms with Crippen molar-refractivity contribution in [3.8, 4) is 0 Å². The highest BCUT2D eigenvalue weighted by Gasteiger charge is 2.48. The molecule has 1 rings (SSSR count). The van der Waals surface area contributed by atoms with Crippen molar-refractivity contribution in [2.24, 2.45) is 0 Å². The van der Waals surface area contributed by atoms with Crippen LogP contribution in [0.15, 0.2) is 36.5 Å². The van der Waals surface area contributed by atoms with Crippen LogP contribution in [-0.2, 0) is 38.3 Å². The summed E-state index contributed by atoms with van der Waals surface area (Å²) in [5.41, 5.74) is 0. The van der Waals surface area contributed by atoms with Gasteiger partial charge in [0.1, 0.15) is 30.5 Å². The average molecular weight is 1020 g/mol. The minimum atomic E-state index is -5.07. The molecule has 0 aromatic carbocycles. The van der Waals surface area contributed by atoms with E-state index < -0.39 is 59.8 Å². The lowest BCUT2D eigenvalue weighted by Gasteiger charge is -2.41. The summed E-state index contributed by atoms with van der Waals surface area (Å²) >= 11 is 0. The van der Waals surface area contributed by atoms with E-state index in [4.69, 9.17) is 18.9 Å². The van der Waals surface area contributed by atoms with Gasteiger partial charge in [-0.2, -0.15) is 8.42 Å². The number of hydrogen-bond donors (Lipinski definition) is 4. The van der Waals surface area contributed by atoms with Crippen LogP contribution in [0.3, 0.4) is 0 Å². The first-order chi connectivity index (χ1) is 34.1. The fourth-order valence-corrected chi connectivity index (χ4v) is 9.43. The van der Waals surface area contributed by atoms with Crippen LogP contribution in [0.1, 0.15) is 258 Å². The number of carbonyl (C=O) groups excluding carboxylic acids is 1. The fourth-order valence-electron chi connectivity index (χ4n) is 8.92. The predicted molar refractivity (Wildman–Crippen MR) is 285 cm³/mol. The zero-order valence-electron chi connectivity index (χ0n) is 44.6. The van der Waals surface area contributed by atoms with Crippen LogP contribution in [0.25, 0.3) is 0 Å². The van der Waals surface area contributed by atoms with Gasteiger partial charge in [-0.15, -0.1) is 0 Å². The van der Waals surface area contributed by atoms with Gasteiger partial charge in [0.05, 0.1) is 19.8 Å². The molecular formula is C57H106O12S. The second kappa shape index (κ2) is 48.3. The number of rotatable bonds is 51. The van der Waals surface area contributed by atoms with Crippen molar-refractivity contribution in [3.63, 3.8) is 0 Å². The standard InChI is InChI=1S/C57H106O12S/c1-3-5-7-9-11-13-15-17-19-21-22-23-24-25-26-27-28-29-31-33-35-37-39-41-43-45-47-65-49-51(50-66-57-55(61)56(69-70(62,63)64)54(60)52(48-58)68-57)67-53(59)46-44-42-40-38-36-34-32-30-20-18-16-14-12-10-8-6-4-2/h15,17,21-22,24-25,51-52,54-58,60-61H,3-14,16,18-20,23,26-50H2,1-2H3,(H,62,63,64)/b17-15-,22-21-,25-24-. The van der Waals surface area contributed by atoms with Gasteiger partial charge in [0, 0.05) is 13.0 Å². The summed E-state index contributed by atoms with van der Waals surface area (Å²) in [5, 5.41) is 30.8. The van der Waals surface area contributed by atoms with E-state index in [1.165, 1.54) is 180 Å². The molecule has 0 aromatic rings. The molecule has 6 unspecified atom stereocenters. The molecule has 12 nitrogen and oxygen atoms in total. The first-order valence-electron chi connectivity index (χ1n) is 28.7. The van der Waals surface area contributed by atoms with Crippen molar-refractivity contribution < 1.29 is 56.2 Å². The highest BCUT2D eigenvalue weighted by atomic mass is 32.3. The number of aliphatic hydroxyl groups is 3. The zero-order chi connectivity index (χ0) is 51.0. The van der Waals surface area contributed by atoms with Crippen LogP contribution in [0, 0.1) is 0 Å². The molecule has 0 saturated carbocycles. The number of esters is 1. The molecule has 6 atom stereocenters. The Bertz CT molecular complexity index is 1360. The van der Waals surface area contributed by atoms with E-state index in [2.05, 4.69) is 54.5 Å². The smallest absolute Gasteiger partial charge is 0.397 e. The Kier molecular flexibility index (Phi) is 45.7. The summed E-state index contributed by atoms with van der Waals surface area (Å²) in [4.78, 5) is 12.9. The maximum Gasteiger partial charge on any atom is 0.397 e. The highest BCUT2D eigenvalue weighted by molar-refractivity contribution is 7.80. The van der Waals surface area contributed by atoms with Gasteiger partial charge in [-0.25, -0.2) is 4.18 Å². The Balaban J connectivity index is 2.28. The molecule has 0 radical (unpaired) electrons. The van der Waals surface area contributed by atoms with Gasteiger partial charge in [0.15, 0.2) is 6.29 Å². The van der Waals surface area contributed by atoms with Crippen molar-refractivity contribution in [3.05, 3.63) is 36.5 Å². The quantitative estimate of drug-likeness (QED) is 0.0196. The van der Waals surface area contributed by atoms with E-state index >= 15 is 0 Å². The van der Waals surface area contributed by atoms with Gasteiger partial charge < -0.3 is 34.3 Å². The van der Waals surface area contributed by atoms with Gasteiger partial charge >= 0.3 is 16.4 Å². The van der Waals surface area contributed by atoms with Gasteiger partial charge in [-0.3, -0.25) is 9.35 Å². The number of carbonyl (C=O) groups is 1. The minimum absolute atomic E-state index is 0.0374. The molecular weight excluding hydrogens is 909 g/mol. The van der Waals surface area contributed by atoms with Crippen LogP contribution in [0.2, 0.25) is 0 Å². The van der Waals surface area contributed by atoms with Crippen LogP contribution in [0.4, 0.5) is 0 Å². The lowest BCUT2D eigenvalue weighted by molar-refractivity contribution is -0.301. The Morgan fingerprint density at radius 2 is 0.943 bits per heavy atom. The Labute approximate surface area is 428 Å². The van der Waals surface area contributed by atoms with Crippen molar-refractivity contribution in [1.82, 2.24) is 0 Å². The predicted octanol–water partition coefficient (Wildman–Crippen LogP) is 14.1. The monoisotopic (exact) mass is 1010 g/mol. The number of allylic oxidation sites excluding steroid dienone is 6. The molecule has 13 heteroatoms. The third kappa shape index (κ3) is 40.8. The molecule has 0 aliphatic carbocycles. The highest BCUT2D eigenvalue weighted by Crippen LogP contribution is 2.26. The maximum atomic E-state index is 12.9. The van der Waals surface area contributed by atoms with E-state index in [1.807, 2.05) is 0 Å². The second-order valence-electron chi connectivity index (χ2n) is 19.9. The Hall–Kier alpha value is -1.68. The summed E-state index contributed by atoms with van der Waals surface area (Å²) in [6.07, 6.45) is 50.4. The Morgan fingerprint density at radius 1 is 0.543 bits per heavy atom. The van der Waals surface area contributed by atoms with Crippen molar-refractivity contribution in [1.29, 1.82) is 0 Å². The van der Waals surface area contributed by atoms with Gasteiger partial charge in [-0.1, -0.05) is 237 Å². The third-order valence-electron chi connectivity index (χ3n) is 13.3. The van der Waals surface area contributed by atoms with Crippen LogP contribution < -0.4 is 0 Å². The Morgan fingerprint density at radius 3 is 1.37 bits per heavy atom. The summed E-state index contributed by atoms with van der Waals surface area (Å²) < 4.78 is 59.4. The summed E-state index contributed by atoms with van der Waals surface area (Å²) in [7, 11) is -5.07. The third-order valence-corrected chi connectivity index (χ3v) is 13.7. The first-order valence-corrected chi connectivity index (χ1v) is 30.1. The number of unbranched alkanes of at least 4 members (excludes halogenated alkanes) is 32. The van der Waals surface area contributed by atoms with Crippen LogP contribution in [0.5, 0.6) is 0 Å². The molecule has 1 saturated heterocycles. The van der Waals surface area contributed by atoms with E-state index in [9.17, 15) is 33.1 Å². The van der Waals surface area contributed by atoms with E-state index in [1.54, 1.807) is 0 Å². The van der Waals surface area contributed by atoms with E-state index in [0.717, 1.165) is 51.4 Å². The molecule has 0 amide bonds. The molecule has 0 spiro atoms. The first kappa shape index (κ1) is 66.3. The lowest BCUT2D eigenvalue weighted by Crippen LogP contribution is -2.60. The van der Waals surface area contributed by atoms with Crippen molar-refractivity contribution in [2.75, 3.05) is 26.4 Å². The van der Waals surface area contributed by atoms with Crippen LogP contribution >= 0.6 is 0 Å². The molecule has 1 aliphatic heterocycles. The molecule has 0 bridgehead atoms. The largest absolute Gasteiger partial charge is 0.457 e. The average Bonchev–Trinajstić information content (AvgIpc) is 3.34. The van der Waals surface area contributed by atoms with Gasteiger partial charge in [-0.05, 0) is 51.4 Å². The zero-order valence-corrected chi connectivity index (χ0v) is 45.4. The lowest BCUT2D eigenvalue weighted by atomic mass is 9.99. The molecule has 70 heavy (non-hydrogen) atoms. The van der Waals surface area contributed by atoms with Crippen molar-refractivity contribution >= 4 is 16.4 Å². The normalized spacial score (nSPS) is 19.3. The minimum Gasteiger partial charge on any atom is -0.457 e. The summed E-state index contributed by atoms with van der Waals surface area (Å²) in [6.45, 7) is 4.02. The topological polar surface area (TPSA) is 178 Å². The summed E-state index contributed by atoms with van der Waals surface area (Å²) in [6, 6.07) is 0. The number of ether oxygens (including phenoxy) is 4. The van der Waals surface area contributed by atoms with Gasteiger partial charge in [0.2, 0.25) is 0 Å². The number of aliphatic hydroxyl groups excluding tert-OH is 3. The summed E-state index contributed by atoms with van der Waals surface area (Å²) in [5.74, 6) is -0.395. The van der Waals surface area contributed by atoms with Crippen molar-refractivity contribution in [2.45, 2.75) is 295 Å². The van der Waals surface area contributed by atoms with E-state index in [0.29, 0.717) is 13.0 Å². The molecule has 4 N–H and O–H groups in total. The second-order valence-corrected chi connectivity index (χ2v) is 20.9. The molecule has 0 aromatic heterocycles. The van der Waals surface area contributed by atoms with E-state index in [-0.39, 0.29) is 19.6 Å².